The summed E-state index contributed by atoms with van der Waals surface area (Å²) in [5.74, 6) is 0. The molecule has 90 valence electrons. The van der Waals surface area contributed by atoms with E-state index in [-0.39, 0.29) is 0 Å². The molecule has 0 amide bonds. The fraction of sp³-hybridized carbons (Fsp3) is 0.400. The second-order valence-corrected chi connectivity index (χ2v) is 8.71. The molecule has 0 spiro atoms. The summed E-state index contributed by atoms with van der Waals surface area (Å²) in [5, 5.41) is 10.5. The van der Waals surface area contributed by atoms with Crippen LogP contribution in [0.25, 0.3) is 0 Å². The molecule has 0 radical (unpaired) electrons. The monoisotopic (exact) mass is 326 g/mol. The maximum absolute atomic E-state index is 11.5. The molecule has 0 saturated heterocycles. The number of benzene rings is 1. The van der Waals surface area contributed by atoms with Crippen LogP contribution in [-0.4, -0.2) is 23.4 Å². The molecule has 3 nitrogen and oxygen atoms in total. The number of rotatable bonds is 3. The molecule has 2 atom stereocenters. The summed E-state index contributed by atoms with van der Waals surface area (Å²) in [5.41, 5.74) is 0.495. The smallest absolute Gasteiger partial charge is 0.165 e. The van der Waals surface area contributed by atoms with Gasteiger partial charge in [0.25, 0.3) is 0 Å². The van der Waals surface area contributed by atoms with Gasteiger partial charge in [0.15, 0.2) is 13.5 Å². The number of sulfone groups is 1. The van der Waals surface area contributed by atoms with Gasteiger partial charge in [-0.15, -0.1) is 0 Å². The number of hydrogen-bond donors (Lipinski definition) is 1. The molecule has 0 aliphatic heterocycles. The third kappa shape index (κ3) is 2.77. The maximum Gasteiger partial charge on any atom is 0.165 e. The lowest BCUT2D eigenvalue weighted by molar-refractivity contribution is 0.168. The summed E-state index contributed by atoms with van der Waals surface area (Å²) in [6, 6.07) is 6.40. The first kappa shape index (κ1) is 14.0. The Morgan fingerprint density at radius 2 is 1.81 bits per heavy atom. The molecule has 0 aliphatic carbocycles. The third-order valence-electron chi connectivity index (χ3n) is 2.40. The number of halogens is 2. The molecule has 16 heavy (non-hydrogen) atoms. The normalized spacial score (nSPS) is 17.8. The van der Waals surface area contributed by atoms with Crippen LogP contribution in [0.2, 0.25) is 5.02 Å². The lowest BCUT2D eigenvalue weighted by atomic mass is 10.1. The average Bonchev–Trinajstić information content (AvgIpc) is 2.16. The molecule has 0 heterocycles. The van der Waals surface area contributed by atoms with Gasteiger partial charge >= 0.3 is 0 Å². The molecular weight excluding hydrogens is 316 g/mol. The molecule has 0 saturated carbocycles. The van der Waals surface area contributed by atoms with Crippen LogP contribution in [0.4, 0.5) is 0 Å². The number of aliphatic hydroxyl groups excluding tert-OH is 1. The van der Waals surface area contributed by atoms with Gasteiger partial charge in [-0.3, -0.25) is 0 Å². The molecule has 1 aromatic rings. The Hall–Kier alpha value is -0.100. The zero-order chi connectivity index (χ0) is 12.6. The van der Waals surface area contributed by atoms with Crippen molar-refractivity contribution in [2.75, 3.05) is 6.26 Å². The zero-order valence-electron chi connectivity index (χ0n) is 8.81. The second kappa shape index (κ2) is 4.64. The Bertz CT molecular complexity index is 467. The van der Waals surface area contributed by atoms with Crippen LogP contribution < -0.4 is 0 Å². The van der Waals surface area contributed by atoms with Crippen LogP contribution >= 0.6 is 27.5 Å². The molecule has 0 aliphatic rings. The van der Waals surface area contributed by atoms with Crippen molar-refractivity contribution in [1.29, 1.82) is 0 Å². The first-order chi connectivity index (χ1) is 7.16. The van der Waals surface area contributed by atoms with Crippen molar-refractivity contribution in [3.8, 4) is 0 Å². The van der Waals surface area contributed by atoms with Gasteiger partial charge in [0.2, 0.25) is 0 Å². The van der Waals surface area contributed by atoms with Crippen molar-refractivity contribution >= 4 is 37.4 Å². The molecule has 0 fully saturated rings. The van der Waals surface area contributed by atoms with E-state index >= 15 is 0 Å². The minimum atomic E-state index is -3.43. The van der Waals surface area contributed by atoms with Crippen LogP contribution in [0.5, 0.6) is 0 Å². The van der Waals surface area contributed by atoms with Gasteiger partial charge in [-0.2, -0.15) is 0 Å². The third-order valence-corrected chi connectivity index (χ3v) is 6.52. The predicted molar refractivity (Wildman–Crippen MR) is 68.6 cm³/mol. The van der Waals surface area contributed by atoms with Gasteiger partial charge in [0, 0.05) is 11.3 Å². The van der Waals surface area contributed by atoms with Gasteiger partial charge in [0.1, 0.15) is 6.10 Å². The van der Waals surface area contributed by atoms with Crippen molar-refractivity contribution in [2.45, 2.75) is 16.7 Å². The largest absolute Gasteiger partial charge is 0.386 e. The molecule has 0 unspecified atom stereocenters. The summed E-state index contributed by atoms with van der Waals surface area (Å²) in [6.07, 6.45) is -0.0827. The zero-order valence-corrected chi connectivity index (χ0v) is 12.0. The van der Waals surface area contributed by atoms with E-state index in [9.17, 15) is 13.5 Å². The van der Waals surface area contributed by atoms with Gasteiger partial charge < -0.3 is 5.11 Å². The summed E-state index contributed by atoms with van der Waals surface area (Å²) >= 11 is 8.76. The summed E-state index contributed by atoms with van der Waals surface area (Å²) in [4.78, 5) is 0. The fourth-order valence-corrected chi connectivity index (χ4v) is 2.08. The van der Waals surface area contributed by atoms with Gasteiger partial charge in [0.05, 0.1) is 0 Å². The van der Waals surface area contributed by atoms with E-state index in [0.29, 0.717) is 10.6 Å². The minimum absolute atomic E-state index is 0.495. The summed E-state index contributed by atoms with van der Waals surface area (Å²) in [6.45, 7) is 1.42. The van der Waals surface area contributed by atoms with Crippen LogP contribution in [0.15, 0.2) is 24.3 Å². The molecule has 0 bridgehead atoms. The SMILES string of the molecule is C[C@@](Br)([C@@H](O)c1ccc(Cl)cc1)S(C)(=O)=O. The van der Waals surface area contributed by atoms with Crippen molar-refractivity contribution in [1.82, 2.24) is 0 Å². The van der Waals surface area contributed by atoms with E-state index in [1.54, 1.807) is 24.3 Å². The van der Waals surface area contributed by atoms with Crippen LogP contribution in [0.3, 0.4) is 0 Å². The Morgan fingerprint density at radius 3 is 2.19 bits per heavy atom. The maximum atomic E-state index is 11.5. The fourth-order valence-electron chi connectivity index (χ4n) is 1.15. The molecule has 1 aromatic carbocycles. The lowest BCUT2D eigenvalue weighted by Crippen LogP contribution is -2.34. The van der Waals surface area contributed by atoms with E-state index in [1.165, 1.54) is 6.92 Å². The van der Waals surface area contributed by atoms with Crippen molar-refractivity contribution in [3.05, 3.63) is 34.9 Å². The van der Waals surface area contributed by atoms with Crippen molar-refractivity contribution < 1.29 is 13.5 Å². The molecule has 1 N–H and O–H groups in total. The predicted octanol–water partition coefficient (Wildman–Crippen LogP) is 2.53. The van der Waals surface area contributed by atoms with E-state index < -0.39 is 19.6 Å². The van der Waals surface area contributed by atoms with Crippen molar-refractivity contribution in [3.63, 3.8) is 0 Å². The average molecular weight is 328 g/mol. The quantitative estimate of drug-likeness (QED) is 0.868. The van der Waals surface area contributed by atoms with Crippen LogP contribution in [-0.2, 0) is 9.84 Å². The van der Waals surface area contributed by atoms with E-state index in [0.717, 1.165) is 6.26 Å². The van der Waals surface area contributed by atoms with E-state index in [1.807, 2.05) is 0 Å². The van der Waals surface area contributed by atoms with Gasteiger partial charge in [-0.25, -0.2) is 8.42 Å². The van der Waals surface area contributed by atoms with Crippen molar-refractivity contribution in [2.24, 2.45) is 0 Å². The number of alkyl halides is 1. The van der Waals surface area contributed by atoms with Crippen LogP contribution in [0, 0.1) is 0 Å². The highest BCUT2D eigenvalue weighted by atomic mass is 79.9. The molecule has 6 heteroatoms. The highest BCUT2D eigenvalue weighted by Gasteiger charge is 2.41. The summed E-state index contributed by atoms with van der Waals surface area (Å²) < 4.78 is 21.6. The molecule has 1 rings (SSSR count). The van der Waals surface area contributed by atoms with Gasteiger partial charge in [-0.05, 0) is 24.6 Å². The summed E-state index contributed by atoms with van der Waals surface area (Å²) in [7, 11) is -3.43. The van der Waals surface area contributed by atoms with E-state index in [2.05, 4.69) is 15.9 Å². The molecule has 0 aromatic heterocycles. The minimum Gasteiger partial charge on any atom is -0.386 e. The Morgan fingerprint density at radius 1 is 1.38 bits per heavy atom. The highest BCUT2D eigenvalue weighted by Crippen LogP contribution is 2.38. The Labute approximate surface area is 108 Å². The van der Waals surface area contributed by atoms with Gasteiger partial charge in [-0.1, -0.05) is 39.7 Å². The molecular formula is C10H12BrClO3S. The number of aliphatic hydroxyl groups is 1. The topological polar surface area (TPSA) is 54.4 Å². The standard InChI is InChI=1S/C10H12BrClO3S/c1-10(11,16(2,14)15)9(13)7-3-5-8(12)6-4-7/h3-6,9,13H,1-2H3/t9-,10-/m0/s1. The first-order valence-corrected chi connectivity index (χ1v) is 7.54. The first-order valence-electron chi connectivity index (χ1n) is 4.48. The van der Waals surface area contributed by atoms with Crippen LogP contribution in [0.1, 0.15) is 18.6 Å². The van der Waals surface area contributed by atoms with E-state index in [4.69, 9.17) is 11.6 Å². The highest BCUT2D eigenvalue weighted by molar-refractivity contribution is 9.11. The number of hydrogen-bond acceptors (Lipinski definition) is 3. The lowest BCUT2D eigenvalue weighted by Gasteiger charge is -2.26. The Kier molecular flexibility index (Phi) is 4.05. The Balaban J connectivity index is 3.12. The second-order valence-electron chi connectivity index (χ2n) is 3.71.